The maximum Gasteiger partial charge on any atom is 0.342 e. The molecule has 0 radical (unpaired) electrons. The number of esters is 1. The molecule has 0 spiro atoms. The number of rotatable bonds is 7. The number of ether oxygens (including phenoxy) is 3. The average Bonchev–Trinajstić information content (AvgIpc) is 2.86. The first kappa shape index (κ1) is 22.6. The van der Waals surface area contributed by atoms with Crippen LogP contribution in [0.1, 0.15) is 42.5 Å². The molecule has 0 aromatic heterocycles. The number of amides is 1. The van der Waals surface area contributed by atoms with Gasteiger partial charge in [0, 0.05) is 25.2 Å². The quantitative estimate of drug-likeness (QED) is 0.667. The molecule has 1 aliphatic carbocycles. The van der Waals surface area contributed by atoms with Crippen LogP contribution in [0.2, 0.25) is 0 Å². The van der Waals surface area contributed by atoms with Gasteiger partial charge in [0.2, 0.25) is 0 Å². The second-order valence-corrected chi connectivity index (χ2v) is 8.64. The van der Waals surface area contributed by atoms with Gasteiger partial charge in [0.05, 0.1) is 20.3 Å². The smallest absolute Gasteiger partial charge is 0.342 e. The van der Waals surface area contributed by atoms with E-state index in [0.29, 0.717) is 17.9 Å². The van der Waals surface area contributed by atoms with Crippen LogP contribution in [0.3, 0.4) is 0 Å². The Hall–Kier alpha value is -2.64. The summed E-state index contributed by atoms with van der Waals surface area (Å²) in [5.41, 5.74) is 0.291. The predicted octanol–water partition coefficient (Wildman–Crippen LogP) is 3.16. The lowest BCUT2D eigenvalue weighted by Crippen LogP contribution is -2.59. The monoisotopic (exact) mass is 440 g/mol. The molecule has 1 aliphatic heterocycles. The molecule has 2 aliphatic rings. The fourth-order valence-corrected chi connectivity index (χ4v) is 4.92. The van der Waals surface area contributed by atoms with Crippen molar-refractivity contribution in [2.75, 3.05) is 46.6 Å². The van der Waals surface area contributed by atoms with Crippen molar-refractivity contribution in [2.24, 2.45) is 0 Å². The van der Waals surface area contributed by atoms with Crippen molar-refractivity contribution in [3.8, 4) is 5.75 Å². The molecule has 7 heteroatoms. The molecule has 1 saturated heterocycles. The third kappa shape index (κ3) is 5.05. The van der Waals surface area contributed by atoms with Crippen LogP contribution in [0.4, 0.5) is 0 Å². The first-order chi connectivity index (χ1) is 15.6. The fourth-order valence-electron chi connectivity index (χ4n) is 4.92. The maximum absolute atomic E-state index is 12.7. The highest BCUT2D eigenvalue weighted by atomic mass is 16.5. The van der Waals surface area contributed by atoms with Crippen LogP contribution in [0.5, 0.6) is 5.75 Å². The van der Waals surface area contributed by atoms with Gasteiger partial charge in [-0.05, 0) is 35.7 Å². The molecule has 2 aromatic carbocycles. The molecular formula is C25H32N2O5. The van der Waals surface area contributed by atoms with Gasteiger partial charge in [0.15, 0.2) is 6.61 Å². The summed E-state index contributed by atoms with van der Waals surface area (Å²) in [5, 5.41) is 4.91. The van der Waals surface area contributed by atoms with Gasteiger partial charge in [-0.1, -0.05) is 43.5 Å². The van der Waals surface area contributed by atoms with Crippen LogP contribution >= 0.6 is 0 Å². The summed E-state index contributed by atoms with van der Waals surface area (Å²) in [5.74, 6) is -0.415. The van der Waals surface area contributed by atoms with E-state index < -0.39 is 5.97 Å². The molecule has 4 rings (SSSR count). The molecule has 0 unspecified atom stereocenters. The predicted molar refractivity (Wildman–Crippen MR) is 122 cm³/mol. The topological polar surface area (TPSA) is 77.1 Å². The van der Waals surface area contributed by atoms with Gasteiger partial charge in [-0.3, -0.25) is 9.69 Å². The third-order valence-electron chi connectivity index (χ3n) is 6.70. The Morgan fingerprint density at radius 2 is 1.75 bits per heavy atom. The van der Waals surface area contributed by atoms with Crippen molar-refractivity contribution < 1.29 is 23.8 Å². The third-order valence-corrected chi connectivity index (χ3v) is 6.70. The summed E-state index contributed by atoms with van der Waals surface area (Å²) >= 11 is 0. The molecule has 0 atom stereocenters. The van der Waals surface area contributed by atoms with E-state index in [2.05, 4.69) is 10.2 Å². The Bertz CT molecular complexity index is 948. The zero-order chi connectivity index (χ0) is 22.4. The number of methoxy groups -OCH3 is 1. The van der Waals surface area contributed by atoms with Gasteiger partial charge in [0.25, 0.3) is 5.91 Å². The Labute approximate surface area is 189 Å². The van der Waals surface area contributed by atoms with Crippen molar-refractivity contribution in [2.45, 2.75) is 37.6 Å². The van der Waals surface area contributed by atoms with Gasteiger partial charge in [0.1, 0.15) is 11.3 Å². The van der Waals surface area contributed by atoms with E-state index in [9.17, 15) is 9.59 Å². The van der Waals surface area contributed by atoms with Crippen molar-refractivity contribution in [3.05, 3.63) is 42.0 Å². The lowest BCUT2D eigenvalue weighted by atomic mass is 9.79. The summed E-state index contributed by atoms with van der Waals surface area (Å²) in [6, 6.07) is 11.3. The minimum absolute atomic E-state index is 0.0245. The zero-order valence-electron chi connectivity index (χ0n) is 18.7. The number of morpholine rings is 1. The molecule has 2 fully saturated rings. The number of hydrogen-bond acceptors (Lipinski definition) is 6. The summed E-state index contributed by atoms with van der Waals surface area (Å²) in [6.07, 6.45) is 5.72. The largest absolute Gasteiger partial charge is 0.496 e. The lowest BCUT2D eigenvalue weighted by Gasteiger charge is -2.48. The number of carbonyl (C=O) groups is 2. The minimum Gasteiger partial charge on any atom is -0.496 e. The Kier molecular flexibility index (Phi) is 7.27. The van der Waals surface area contributed by atoms with Crippen LogP contribution in [-0.2, 0) is 14.3 Å². The number of nitrogens with zero attached hydrogens (tertiary/aromatic N) is 1. The standard InChI is InChI=1S/C25H32N2O5/c1-30-22-16-20-8-4-3-7-19(20)15-21(22)24(29)32-17-23(28)26-18-25(9-5-2-6-10-25)27-11-13-31-14-12-27/h3-4,7-8,15-16H,2,5-6,9-14,17-18H2,1H3,(H,26,28). The second kappa shape index (κ2) is 10.3. The molecule has 1 N–H and O–H groups in total. The molecule has 0 bridgehead atoms. The molecule has 2 aromatic rings. The lowest BCUT2D eigenvalue weighted by molar-refractivity contribution is -0.125. The highest BCUT2D eigenvalue weighted by molar-refractivity contribution is 5.99. The number of hydrogen-bond donors (Lipinski definition) is 1. The van der Waals surface area contributed by atoms with Gasteiger partial charge in [-0.2, -0.15) is 0 Å². The van der Waals surface area contributed by atoms with Gasteiger partial charge >= 0.3 is 5.97 Å². The van der Waals surface area contributed by atoms with Crippen LogP contribution in [0.15, 0.2) is 36.4 Å². The average molecular weight is 441 g/mol. The number of carbonyl (C=O) groups excluding carboxylic acids is 2. The summed E-state index contributed by atoms with van der Waals surface area (Å²) < 4.78 is 16.2. The first-order valence-electron chi connectivity index (χ1n) is 11.4. The van der Waals surface area contributed by atoms with E-state index in [1.807, 2.05) is 24.3 Å². The number of fused-ring (bicyclic) bond motifs is 1. The Morgan fingerprint density at radius 3 is 2.44 bits per heavy atom. The highest BCUT2D eigenvalue weighted by Crippen LogP contribution is 2.34. The Morgan fingerprint density at radius 1 is 1.06 bits per heavy atom. The fraction of sp³-hybridized carbons (Fsp3) is 0.520. The molecule has 1 saturated carbocycles. The van der Waals surface area contributed by atoms with Gasteiger partial charge < -0.3 is 19.5 Å². The number of nitrogens with one attached hydrogen (secondary N) is 1. The zero-order valence-corrected chi connectivity index (χ0v) is 18.7. The normalized spacial score (nSPS) is 18.8. The van der Waals surface area contributed by atoms with E-state index in [4.69, 9.17) is 14.2 Å². The van der Waals surface area contributed by atoms with Gasteiger partial charge in [-0.15, -0.1) is 0 Å². The van der Waals surface area contributed by atoms with E-state index in [1.54, 1.807) is 12.1 Å². The van der Waals surface area contributed by atoms with Gasteiger partial charge in [-0.25, -0.2) is 4.79 Å². The van der Waals surface area contributed by atoms with Crippen LogP contribution < -0.4 is 10.1 Å². The molecule has 32 heavy (non-hydrogen) atoms. The van der Waals surface area contributed by atoms with E-state index in [1.165, 1.54) is 26.4 Å². The number of benzene rings is 2. The van der Waals surface area contributed by atoms with Crippen molar-refractivity contribution in [1.82, 2.24) is 10.2 Å². The van der Waals surface area contributed by atoms with Crippen LogP contribution in [-0.4, -0.2) is 68.9 Å². The minimum atomic E-state index is -0.566. The highest BCUT2D eigenvalue weighted by Gasteiger charge is 2.38. The summed E-state index contributed by atoms with van der Waals surface area (Å²) in [7, 11) is 1.52. The van der Waals surface area contributed by atoms with E-state index >= 15 is 0 Å². The molecule has 1 amide bonds. The molecule has 1 heterocycles. The Balaban J connectivity index is 1.36. The maximum atomic E-state index is 12.7. The SMILES string of the molecule is COc1cc2ccccc2cc1C(=O)OCC(=O)NCC1(N2CCOCC2)CCCCC1. The van der Waals surface area contributed by atoms with E-state index in [0.717, 1.165) is 49.9 Å². The summed E-state index contributed by atoms with van der Waals surface area (Å²) in [6.45, 7) is 3.53. The van der Waals surface area contributed by atoms with Crippen LogP contribution in [0.25, 0.3) is 10.8 Å². The van der Waals surface area contributed by atoms with Crippen molar-refractivity contribution >= 4 is 22.6 Å². The first-order valence-corrected chi connectivity index (χ1v) is 11.4. The van der Waals surface area contributed by atoms with E-state index in [-0.39, 0.29) is 18.1 Å². The molecule has 172 valence electrons. The van der Waals surface area contributed by atoms with Crippen molar-refractivity contribution in [3.63, 3.8) is 0 Å². The summed E-state index contributed by atoms with van der Waals surface area (Å²) in [4.78, 5) is 27.7. The van der Waals surface area contributed by atoms with Crippen LogP contribution in [0, 0.1) is 0 Å². The molecule has 7 nitrogen and oxygen atoms in total. The molecular weight excluding hydrogens is 408 g/mol. The second-order valence-electron chi connectivity index (χ2n) is 8.64. The van der Waals surface area contributed by atoms with Crippen molar-refractivity contribution in [1.29, 1.82) is 0 Å².